The molecule has 12 nitrogen and oxygen atoms in total. The van der Waals surface area contributed by atoms with Gasteiger partial charge in [0.15, 0.2) is 23.0 Å². The summed E-state index contributed by atoms with van der Waals surface area (Å²) in [5, 5.41) is 33.3. The first kappa shape index (κ1) is 34.3. The third-order valence-corrected chi connectivity index (χ3v) is 6.60. The van der Waals surface area contributed by atoms with Crippen molar-refractivity contribution >= 4 is 11.9 Å². The van der Waals surface area contributed by atoms with Gasteiger partial charge in [0.1, 0.15) is 11.4 Å². The van der Waals surface area contributed by atoms with Gasteiger partial charge < -0.3 is 19.0 Å². The molecule has 4 aromatic heterocycles. The first-order chi connectivity index (χ1) is 23.6. The number of nitrogens with zero attached hydrogens (tertiary/aromatic N) is 6. The Balaban J connectivity index is 0.000000470. The molecule has 0 bridgehead atoms. The number of furan rings is 2. The maximum atomic E-state index is 13.4. The number of carboxylic acid groups (broad SMARTS) is 2. The lowest BCUT2D eigenvalue weighted by Gasteiger charge is -2.11. The van der Waals surface area contributed by atoms with E-state index < -0.39 is 46.5 Å². The highest BCUT2D eigenvalue weighted by Gasteiger charge is 2.37. The largest absolute Gasteiger partial charge is 0.478 e. The number of carboxylic acids is 2. The molecule has 50 heavy (non-hydrogen) atoms. The lowest BCUT2D eigenvalue weighted by atomic mass is 10.1. The lowest BCUT2D eigenvalue weighted by Crippen LogP contribution is -2.14. The van der Waals surface area contributed by atoms with Crippen molar-refractivity contribution in [3.8, 4) is 59.0 Å². The Kier molecular flexibility index (Phi) is 9.05. The molecule has 0 atom stereocenters. The van der Waals surface area contributed by atoms with E-state index >= 15 is 0 Å². The van der Waals surface area contributed by atoms with Crippen molar-refractivity contribution in [2.24, 2.45) is 0 Å². The number of alkyl halides is 6. The number of halogens is 6. The van der Waals surface area contributed by atoms with Gasteiger partial charge in [0, 0.05) is 0 Å². The predicted octanol–water partition coefficient (Wildman–Crippen LogP) is 6.45. The molecule has 18 heteroatoms. The number of hydrogen-bond acceptors (Lipinski definition) is 8. The Labute approximate surface area is 275 Å². The molecule has 2 N–H and O–H groups in total. The molecule has 0 aliphatic rings. The number of carbonyl (C=O) groups is 2. The van der Waals surface area contributed by atoms with Crippen LogP contribution < -0.4 is 0 Å². The average Bonchev–Trinajstić information content (AvgIpc) is 3.89. The van der Waals surface area contributed by atoms with Crippen LogP contribution in [0.25, 0.3) is 34.3 Å². The maximum Gasteiger partial charge on any atom is 0.417 e. The number of benzene rings is 2. The highest BCUT2D eigenvalue weighted by molar-refractivity contribution is 5.90. The van der Waals surface area contributed by atoms with Gasteiger partial charge in [-0.3, -0.25) is 0 Å². The molecule has 0 aliphatic heterocycles. The van der Waals surface area contributed by atoms with Crippen LogP contribution >= 0.6 is 0 Å². The monoisotopic (exact) mass is 694 g/mol. The van der Waals surface area contributed by atoms with Gasteiger partial charge in [-0.1, -0.05) is 10.4 Å². The van der Waals surface area contributed by atoms with Crippen molar-refractivity contribution in [3.63, 3.8) is 0 Å². The maximum absolute atomic E-state index is 13.4. The van der Waals surface area contributed by atoms with Crippen LogP contribution in [0, 0.1) is 24.7 Å². The Morgan fingerprint density at radius 3 is 1.36 bits per heavy atom. The molecular weight excluding hydrogens is 678 g/mol. The molecule has 252 valence electrons. The smallest absolute Gasteiger partial charge is 0.417 e. The van der Waals surface area contributed by atoms with E-state index in [1.807, 2.05) is 0 Å². The quantitative estimate of drug-likeness (QED) is 0.146. The van der Waals surface area contributed by atoms with E-state index in [4.69, 9.17) is 31.9 Å². The molecular formula is C32H16F6N6O6. The van der Waals surface area contributed by atoms with Crippen LogP contribution in [-0.4, -0.2) is 52.1 Å². The molecule has 0 unspecified atom stereocenters. The van der Waals surface area contributed by atoms with Crippen molar-refractivity contribution in [1.29, 1.82) is 0 Å². The molecule has 0 saturated heterocycles. The Hall–Kier alpha value is -7.08. The zero-order valence-electron chi connectivity index (χ0n) is 24.6. The van der Waals surface area contributed by atoms with Crippen molar-refractivity contribution in [3.05, 3.63) is 107 Å². The minimum absolute atomic E-state index is 0.0820. The van der Waals surface area contributed by atoms with Crippen LogP contribution in [0.1, 0.15) is 43.4 Å². The minimum Gasteiger partial charge on any atom is -0.478 e. The topological polar surface area (TPSA) is 162 Å². The van der Waals surface area contributed by atoms with Crippen LogP contribution in [0.3, 0.4) is 0 Å². The van der Waals surface area contributed by atoms with Crippen LogP contribution in [-0.2, 0) is 12.4 Å². The van der Waals surface area contributed by atoms with E-state index in [1.165, 1.54) is 24.5 Å². The van der Waals surface area contributed by atoms with E-state index in [0.717, 1.165) is 33.6 Å². The zero-order chi connectivity index (χ0) is 36.4. The van der Waals surface area contributed by atoms with Crippen LogP contribution in [0.2, 0.25) is 0 Å². The van der Waals surface area contributed by atoms with Crippen LogP contribution in [0.4, 0.5) is 26.3 Å². The van der Waals surface area contributed by atoms with Gasteiger partial charge >= 0.3 is 24.3 Å². The zero-order valence-corrected chi connectivity index (χ0v) is 24.6. The summed E-state index contributed by atoms with van der Waals surface area (Å²) in [5.74, 6) is 2.29. The van der Waals surface area contributed by atoms with E-state index in [9.17, 15) is 35.9 Å². The van der Waals surface area contributed by atoms with Crippen molar-refractivity contribution in [1.82, 2.24) is 30.0 Å². The van der Waals surface area contributed by atoms with Gasteiger partial charge in [-0.05, 0) is 72.5 Å². The molecule has 6 aromatic rings. The molecule has 6 rings (SSSR count). The highest BCUT2D eigenvalue weighted by Crippen LogP contribution is 2.35. The molecule has 0 amide bonds. The molecule has 0 fully saturated rings. The van der Waals surface area contributed by atoms with Crippen LogP contribution in [0.15, 0.2) is 81.9 Å². The van der Waals surface area contributed by atoms with Gasteiger partial charge in [0.2, 0.25) is 0 Å². The second kappa shape index (κ2) is 13.2. The third kappa shape index (κ3) is 7.24. The van der Waals surface area contributed by atoms with E-state index in [1.54, 1.807) is 12.1 Å². The molecule has 0 radical (unpaired) electrons. The van der Waals surface area contributed by atoms with Gasteiger partial charge in [0.25, 0.3) is 0 Å². The molecule has 0 spiro atoms. The highest BCUT2D eigenvalue weighted by atomic mass is 19.4. The molecule has 2 aromatic carbocycles. The fraction of sp³-hybridized carbons (Fsp3) is 0.0625. The molecule has 0 saturated carbocycles. The number of aromatic nitrogens is 6. The second-order valence-electron chi connectivity index (χ2n) is 9.78. The standard InChI is InChI=1S/C24H12F6N6O5.C8H4O/c25-23(26,27)15-7-11(1-3-13(15)21(37)38)35-9-17(31-33-35)19-5-6-20(41-19)18-10-36(34-32-18)12-2-4-14(22(39)40)16(8-12)24(28,29)30;1-3-7-5-6-8(4-2)9-7/h1-10H,(H,37,38)(H,39,40);1-2,5-6H. The number of aromatic carboxylic acids is 2. The first-order valence-electron chi connectivity index (χ1n) is 13.5. The summed E-state index contributed by atoms with van der Waals surface area (Å²) in [5.41, 5.74) is -4.69. The van der Waals surface area contributed by atoms with E-state index in [0.29, 0.717) is 23.7 Å². The van der Waals surface area contributed by atoms with Crippen molar-refractivity contribution in [2.45, 2.75) is 12.4 Å². The molecule has 4 heterocycles. The summed E-state index contributed by atoms with van der Waals surface area (Å²) in [7, 11) is 0. The van der Waals surface area contributed by atoms with E-state index in [2.05, 4.69) is 32.5 Å². The summed E-state index contributed by atoms with van der Waals surface area (Å²) >= 11 is 0. The minimum atomic E-state index is -4.94. The summed E-state index contributed by atoms with van der Waals surface area (Å²) in [6.45, 7) is 0. The normalized spacial score (nSPS) is 11.3. The Morgan fingerprint density at radius 1 is 0.640 bits per heavy atom. The van der Waals surface area contributed by atoms with Gasteiger partial charge in [0.05, 0.1) is 46.0 Å². The number of hydrogen-bond donors (Lipinski definition) is 2. The second-order valence-corrected chi connectivity index (χ2v) is 9.78. The summed E-state index contributed by atoms with van der Waals surface area (Å²) in [6.07, 6.45) is 2.60. The summed E-state index contributed by atoms with van der Waals surface area (Å²) in [4.78, 5) is 22.3. The fourth-order valence-electron chi connectivity index (χ4n) is 4.30. The average molecular weight is 695 g/mol. The first-order valence-corrected chi connectivity index (χ1v) is 13.5. The Bertz CT molecular complexity index is 2160. The number of terminal acetylenes is 2. The predicted molar refractivity (Wildman–Crippen MR) is 158 cm³/mol. The van der Waals surface area contributed by atoms with E-state index in [-0.39, 0.29) is 34.3 Å². The van der Waals surface area contributed by atoms with Crippen molar-refractivity contribution < 1.29 is 55.0 Å². The lowest BCUT2D eigenvalue weighted by molar-refractivity contribution is -0.138. The summed E-state index contributed by atoms with van der Waals surface area (Å²) < 4.78 is 92.7. The number of rotatable bonds is 6. The van der Waals surface area contributed by atoms with Gasteiger partial charge in [-0.25, -0.2) is 19.0 Å². The van der Waals surface area contributed by atoms with Gasteiger partial charge in [-0.15, -0.1) is 23.0 Å². The van der Waals surface area contributed by atoms with Crippen LogP contribution in [0.5, 0.6) is 0 Å². The third-order valence-electron chi connectivity index (χ3n) is 6.60. The SMILES string of the molecule is C#Cc1ccc(C#C)o1.O=C(O)c1ccc(-n2cc(-c3ccc(-c4cn(-c5ccc(C(=O)O)c(C(F)(F)F)c5)nn4)o3)nn2)cc1C(F)(F)F. The summed E-state index contributed by atoms with van der Waals surface area (Å²) in [6, 6.07) is 11.2. The van der Waals surface area contributed by atoms with Gasteiger partial charge in [-0.2, -0.15) is 26.3 Å². The van der Waals surface area contributed by atoms with Crippen molar-refractivity contribution in [2.75, 3.05) is 0 Å². The molecule has 0 aliphatic carbocycles. The fourth-order valence-corrected chi connectivity index (χ4v) is 4.30. The Morgan fingerprint density at radius 2 is 1.04 bits per heavy atom.